The third-order valence-electron chi connectivity index (χ3n) is 5.03. The van der Waals surface area contributed by atoms with E-state index in [-0.39, 0.29) is 17.8 Å². The van der Waals surface area contributed by atoms with E-state index in [1.165, 1.54) is 0 Å². The number of aromatic nitrogens is 2. The van der Waals surface area contributed by atoms with Gasteiger partial charge in [-0.25, -0.2) is 9.59 Å². The van der Waals surface area contributed by atoms with Crippen LogP contribution in [0, 0.1) is 0 Å². The maximum atomic E-state index is 12.4. The van der Waals surface area contributed by atoms with Crippen molar-refractivity contribution in [3.8, 4) is 0 Å². The summed E-state index contributed by atoms with van der Waals surface area (Å²) in [5, 5.41) is 2.97. The Bertz CT molecular complexity index is 953. The van der Waals surface area contributed by atoms with Gasteiger partial charge in [-0.05, 0) is 30.5 Å². The number of likely N-dealkylation sites (tertiary alicyclic amines) is 1. The number of para-hydroxylation sites is 2. The Morgan fingerprint density at radius 2 is 1.73 bits per heavy atom. The van der Waals surface area contributed by atoms with Crippen molar-refractivity contribution in [2.75, 3.05) is 13.1 Å². The Hall–Kier alpha value is -3.02. The van der Waals surface area contributed by atoms with Crippen molar-refractivity contribution in [2.24, 2.45) is 0 Å². The Labute approximate surface area is 151 Å². The second-order valence-electron chi connectivity index (χ2n) is 6.68. The van der Waals surface area contributed by atoms with Crippen LogP contribution in [0.5, 0.6) is 0 Å². The predicted octanol–water partition coefficient (Wildman–Crippen LogP) is 2.88. The quantitative estimate of drug-likeness (QED) is 0.762. The van der Waals surface area contributed by atoms with Crippen molar-refractivity contribution in [1.82, 2.24) is 19.8 Å². The van der Waals surface area contributed by atoms with Gasteiger partial charge in [-0.15, -0.1) is 0 Å². The third-order valence-corrected chi connectivity index (χ3v) is 5.03. The fraction of sp³-hybridized carbons (Fsp3) is 0.300. The first-order chi connectivity index (χ1) is 12.7. The van der Waals surface area contributed by atoms with Crippen LogP contribution in [0.25, 0.3) is 11.0 Å². The molecule has 0 bridgehead atoms. The van der Waals surface area contributed by atoms with Gasteiger partial charge < -0.3 is 15.2 Å². The fourth-order valence-corrected chi connectivity index (χ4v) is 3.65. The molecule has 1 fully saturated rings. The number of hydrogen-bond donors (Lipinski definition) is 2. The first-order valence-corrected chi connectivity index (χ1v) is 8.98. The number of H-pyrrole nitrogens is 1. The fourth-order valence-electron chi connectivity index (χ4n) is 3.65. The van der Waals surface area contributed by atoms with Crippen LogP contribution in [0.15, 0.2) is 59.4 Å². The average Bonchev–Trinajstić information content (AvgIpc) is 3.03. The lowest BCUT2D eigenvalue weighted by Gasteiger charge is -2.32. The Balaban J connectivity index is 1.38. The molecule has 1 aliphatic rings. The lowest BCUT2D eigenvalue weighted by molar-refractivity contribution is 0.171. The summed E-state index contributed by atoms with van der Waals surface area (Å²) >= 11 is 0. The number of hydrogen-bond acceptors (Lipinski definition) is 2. The molecule has 0 saturated carbocycles. The van der Waals surface area contributed by atoms with Crippen molar-refractivity contribution in [3.63, 3.8) is 0 Å². The molecule has 6 heteroatoms. The highest BCUT2D eigenvalue weighted by Crippen LogP contribution is 2.24. The summed E-state index contributed by atoms with van der Waals surface area (Å²) in [7, 11) is 0. The van der Waals surface area contributed by atoms with Crippen molar-refractivity contribution < 1.29 is 4.79 Å². The summed E-state index contributed by atoms with van der Waals surface area (Å²) in [4.78, 5) is 29.5. The normalized spacial score (nSPS) is 15.3. The van der Waals surface area contributed by atoms with E-state index >= 15 is 0 Å². The van der Waals surface area contributed by atoms with Gasteiger partial charge in [0.05, 0.1) is 11.0 Å². The Kier molecular flexibility index (Phi) is 4.48. The lowest BCUT2D eigenvalue weighted by atomic mass is 10.0. The van der Waals surface area contributed by atoms with Gasteiger partial charge in [-0.3, -0.25) is 4.57 Å². The number of nitrogens with one attached hydrogen (secondary N) is 2. The molecule has 3 aromatic rings. The molecule has 26 heavy (non-hydrogen) atoms. The minimum Gasteiger partial charge on any atom is -0.334 e. The second-order valence-corrected chi connectivity index (χ2v) is 6.68. The highest BCUT2D eigenvalue weighted by molar-refractivity contribution is 5.75. The molecule has 4 rings (SSSR count). The van der Waals surface area contributed by atoms with Gasteiger partial charge in [0.2, 0.25) is 0 Å². The summed E-state index contributed by atoms with van der Waals surface area (Å²) in [5.74, 6) is 0. The van der Waals surface area contributed by atoms with Crippen LogP contribution in [0.3, 0.4) is 0 Å². The number of carbonyl (C=O) groups is 1. The first-order valence-electron chi connectivity index (χ1n) is 8.98. The highest BCUT2D eigenvalue weighted by Gasteiger charge is 2.25. The third kappa shape index (κ3) is 3.22. The molecule has 1 saturated heterocycles. The maximum Gasteiger partial charge on any atom is 0.326 e. The summed E-state index contributed by atoms with van der Waals surface area (Å²) < 4.78 is 1.84. The number of imidazole rings is 1. The monoisotopic (exact) mass is 350 g/mol. The molecule has 0 spiro atoms. The molecule has 1 aromatic heterocycles. The molecule has 0 radical (unpaired) electrons. The van der Waals surface area contributed by atoms with Crippen LogP contribution in [0.1, 0.15) is 24.4 Å². The van der Waals surface area contributed by atoms with Crippen LogP contribution >= 0.6 is 0 Å². The van der Waals surface area contributed by atoms with E-state index < -0.39 is 0 Å². The van der Waals surface area contributed by atoms with Crippen LogP contribution in [0.2, 0.25) is 0 Å². The van der Waals surface area contributed by atoms with E-state index in [1.807, 2.05) is 64.1 Å². The summed E-state index contributed by atoms with van der Waals surface area (Å²) in [6, 6.07) is 17.7. The number of carbonyl (C=O) groups excluding carboxylic acids is 1. The summed E-state index contributed by atoms with van der Waals surface area (Å²) in [5.41, 5.74) is 2.81. The Morgan fingerprint density at radius 3 is 2.50 bits per heavy atom. The largest absolute Gasteiger partial charge is 0.334 e. The van der Waals surface area contributed by atoms with Gasteiger partial charge in [0, 0.05) is 25.7 Å². The van der Waals surface area contributed by atoms with Gasteiger partial charge in [0.15, 0.2) is 0 Å². The van der Waals surface area contributed by atoms with Crippen LogP contribution in [0.4, 0.5) is 4.79 Å². The van der Waals surface area contributed by atoms with Gasteiger partial charge in [-0.2, -0.15) is 0 Å². The van der Waals surface area contributed by atoms with Crippen molar-refractivity contribution >= 4 is 17.1 Å². The molecular formula is C20H22N4O2. The lowest BCUT2D eigenvalue weighted by Crippen LogP contribution is -2.45. The minimum atomic E-state index is -0.0711. The summed E-state index contributed by atoms with van der Waals surface area (Å²) in [6.07, 6.45) is 1.56. The van der Waals surface area contributed by atoms with Gasteiger partial charge in [-0.1, -0.05) is 42.5 Å². The maximum absolute atomic E-state index is 12.4. The van der Waals surface area contributed by atoms with E-state index in [2.05, 4.69) is 10.3 Å². The average molecular weight is 350 g/mol. The van der Waals surface area contributed by atoms with Crippen LogP contribution < -0.4 is 11.0 Å². The highest BCUT2D eigenvalue weighted by atomic mass is 16.2. The molecule has 2 N–H and O–H groups in total. The molecule has 2 heterocycles. The Morgan fingerprint density at radius 1 is 1.04 bits per heavy atom. The summed E-state index contributed by atoms with van der Waals surface area (Å²) in [6.45, 7) is 1.83. The molecule has 0 atom stereocenters. The SMILES string of the molecule is O=C(NCc1ccccc1)N1CCC(n2c(=O)[nH]c3ccccc32)CC1. The van der Waals surface area contributed by atoms with Crippen molar-refractivity contribution in [3.05, 3.63) is 70.6 Å². The van der Waals surface area contributed by atoms with Crippen LogP contribution in [-0.2, 0) is 6.54 Å². The first kappa shape index (κ1) is 16.4. The topological polar surface area (TPSA) is 70.1 Å². The van der Waals surface area contributed by atoms with Crippen molar-refractivity contribution in [1.29, 1.82) is 0 Å². The van der Waals surface area contributed by atoms with E-state index in [9.17, 15) is 9.59 Å². The molecule has 0 aliphatic carbocycles. The van der Waals surface area contributed by atoms with Crippen LogP contribution in [-0.4, -0.2) is 33.6 Å². The van der Waals surface area contributed by atoms with Crippen molar-refractivity contribution in [2.45, 2.75) is 25.4 Å². The number of urea groups is 1. The van der Waals surface area contributed by atoms with Gasteiger partial charge in [0.1, 0.15) is 0 Å². The number of aromatic amines is 1. The van der Waals surface area contributed by atoms with E-state index in [0.29, 0.717) is 19.6 Å². The standard InChI is InChI=1S/C20H22N4O2/c25-19(21-14-15-6-2-1-3-7-15)23-12-10-16(11-13-23)24-18-9-5-4-8-17(18)22-20(24)26/h1-9,16H,10-14H2,(H,21,25)(H,22,26). The molecule has 134 valence electrons. The minimum absolute atomic E-state index is 0.0430. The number of piperidine rings is 1. The molecule has 2 aromatic carbocycles. The number of nitrogens with zero attached hydrogens (tertiary/aromatic N) is 2. The molecule has 1 aliphatic heterocycles. The second kappa shape index (κ2) is 7.07. The molecule has 6 nitrogen and oxygen atoms in total. The molecule has 2 amide bonds. The van der Waals surface area contributed by atoms with Gasteiger partial charge in [0.25, 0.3) is 0 Å². The zero-order chi connectivity index (χ0) is 17.9. The molecule has 0 unspecified atom stereocenters. The number of amides is 2. The van der Waals surface area contributed by atoms with E-state index in [4.69, 9.17) is 0 Å². The predicted molar refractivity (Wildman–Crippen MR) is 101 cm³/mol. The smallest absolute Gasteiger partial charge is 0.326 e. The molecular weight excluding hydrogens is 328 g/mol. The zero-order valence-electron chi connectivity index (χ0n) is 14.5. The van der Waals surface area contributed by atoms with E-state index in [1.54, 1.807) is 0 Å². The van der Waals surface area contributed by atoms with Gasteiger partial charge >= 0.3 is 11.7 Å². The van der Waals surface area contributed by atoms with E-state index in [0.717, 1.165) is 29.4 Å². The number of rotatable bonds is 3. The number of fused-ring (bicyclic) bond motifs is 1. The number of benzene rings is 2. The zero-order valence-corrected chi connectivity index (χ0v) is 14.5.